The first-order valence-corrected chi connectivity index (χ1v) is 6.80. The fourth-order valence-corrected chi connectivity index (χ4v) is 1.65. The molecule has 5 nitrogen and oxygen atoms in total. The molecule has 0 aliphatic rings. The first kappa shape index (κ1) is 16.3. The highest BCUT2D eigenvalue weighted by Gasteiger charge is 2.20. The number of rotatable bonds is 8. The van der Waals surface area contributed by atoms with Crippen LogP contribution in [0.2, 0.25) is 0 Å². The molecule has 1 aromatic rings. The lowest BCUT2D eigenvalue weighted by Gasteiger charge is -2.16. The van der Waals surface area contributed by atoms with Crippen LogP contribution in [0.4, 0.5) is 0 Å². The summed E-state index contributed by atoms with van der Waals surface area (Å²) in [5.74, 6) is 0.570. The van der Waals surface area contributed by atoms with Crippen LogP contribution in [0.15, 0.2) is 18.2 Å². The van der Waals surface area contributed by atoms with E-state index in [1.165, 1.54) is 0 Å². The van der Waals surface area contributed by atoms with E-state index in [0.717, 1.165) is 6.54 Å². The Morgan fingerprint density at radius 2 is 1.75 bits per heavy atom. The van der Waals surface area contributed by atoms with Crippen molar-refractivity contribution >= 4 is 5.97 Å². The molecule has 0 unspecified atom stereocenters. The van der Waals surface area contributed by atoms with Gasteiger partial charge in [0.25, 0.3) is 0 Å². The maximum Gasteiger partial charge on any atom is 0.345 e. The summed E-state index contributed by atoms with van der Waals surface area (Å²) in [5, 5.41) is 0. The van der Waals surface area contributed by atoms with Crippen molar-refractivity contribution in [1.29, 1.82) is 0 Å². The summed E-state index contributed by atoms with van der Waals surface area (Å²) in [4.78, 5) is 14.1. The molecule has 20 heavy (non-hydrogen) atoms. The predicted octanol–water partition coefficient (Wildman–Crippen LogP) is 2.20. The van der Waals surface area contributed by atoms with Gasteiger partial charge >= 0.3 is 5.97 Å². The van der Waals surface area contributed by atoms with Gasteiger partial charge in [-0.3, -0.25) is 0 Å². The summed E-state index contributed by atoms with van der Waals surface area (Å²) in [6.07, 6.45) is 0. The van der Waals surface area contributed by atoms with E-state index in [1.807, 2.05) is 25.9 Å². The van der Waals surface area contributed by atoms with Gasteiger partial charge in [0, 0.05) is 6.54 Å². The lowest BCUT2D eigenvalue weighted by molar-refractivity contribution is 0.0516. The molecular weight excluding hydrogens is 258 g/mol. The van der Waals surface area contributed by atoms with Gasteiger partial charge in [-0.1, -0.05) is 6.07 Å². The number of hydrogen-bond acceptors (Lipinski definition) is 5. The molecule has 0 atom stereocenters. The minimum Gasteiger partial charge on any atom is -0.493 e. The topological polar surface area (TPSA) is 48.0 Å². The number of benzene rings is 1. The van der Waals surface area contributed by atoms with Crippen molar-refractivity contribution in [2.45, 2.75) is 13.8 Å². The third kappa shape index (κ3) is 4.74. The Hall–Kier alpha value is -1.75. The fraction of sp³-hybridized carbons (Fsp3) is 0.533. The fourth-order valence-electron chi connectivity index (χ4n) is 1.65. The van der Waals surface area contributed by atoms with Gasteiger partial charge in [-0.25, -0.2) is 4.79 Å². The standard InChI is InChI=1S/C15H23NO4/c1-5-18-12-8-7-9-13(20-11-10-16(3)4)14(12)15(17)19-6-2/h7-9H,5-6,10-11H2,1-4H3. The van der Waals surface area contributed by atoms with Gasteiger partial charge in [-0.2, -0.15) is 0 Å². The number of ether oxygens (including phenoxy) is 3. The van der Waals surface area contributed by atoms with E-state index < -0.39 is 5.97 Å². The first-order chi connectivity index (χ1) is 9.60. The average molecular weight is 281 g/mol. The maximum atomic E-state index is 12.1. The molecule has 0 heterocycles. The van der Waals surface area contributed by atoms with Crippen LogP contribution in [0.3, 0.4) is 0 Å². The molecule has 0 saturated carbocycles. The summed E-state index contributed by atoms with van der Waals surface area (Å²) < 4.78 is 16.2. The van der Waals surface area contributed by atoms with E-state index in [0.29, 0.717) is 36.9 Å². The van der Waals surface area contributed by atoms with Gasteiger partial charge in [-0.15, -0.1) is 0 Å². The molecule has 0 bridgehead atoms. The Morgan fingerprint density at radius 1 is 1.10 bits per heavy atom. The van der Waals surface area contributed by atoms with Gasteiger partial charge in [0.15, 0.2) is 0 Å². The van der Waals surface area contributed by atoms with Crippen LogP contribution in [-0.2, 0) is 4.74 Å². The second-order valence-electron chi connectivity index (χ2n) is 4.43. The number of likely N-dealkylation sites (N-methyl/N-ethyl adjacent to an activating group) is 1. The minimum absolute atomic E-state index is 0.316. The van der Waals surface area contributed by atoms with Crippen LogP contribution >= 0.6 is 0 Å². The highest BCUT2D eigenvalue weighted by atomic mass is 16.5. The van der Waals surface area contributed by atoms with E-state index in [4.69, 9.17) is 14.2 Å². The second kappa shape index (κ2) is 8.43. The number of carbonyl (C=O) groups is 1. The summed E-state index contributed by atoms with van der Waals surface area (Å²) in [6.45, 7) is 5.70. The molecule has 0 aliphatic heterocycles. The molecule has 0 amide bonds. The molecule has 1 rings (SSSR count). The first-order valence-electron chi connectivity index (χ1n) is 6.80. The third-order valence-corrected chi connectivity index (χ3v) is 2.56. The van der Waals surface area contributed by atoms with E-state index >= 15 is 0 Å². The quantitative estimate of drug-likeness (QED) is 0.684. The van der Waals surface area contributed by atoms with Gasteiger partial charge in [-0.05, 0) is 40.1 Å². The van der Waals surface area contributed by atoms with E-state index in [1.54, 1.807) is 25.1 Å². The van der Waals surface area contributed by atoms with Crippen LogP contribution in [-0.4, -0.2) is 51.3 Å². The molecule has 0 aliphatic carbocycles. The molecule has 112 valence electrons. The van der Waals surface area contributed by atoms with Gasteiger partial charge < -0.3 is 19.1 Å². The molecule has 0 N–H and O–H groups in total. The highest BCUT2D eigenvalue weighted by molar-refractivity contribution is 5.95. The normalized spacial score (nSPS) is 10.4. The van der Waals surface area contributed by atoms with E-state index in [9.17, 15) is 4.79 Å². The van der Waals surface area contributed by atoms with Crippen molar-refractivity contribution in [2.75, 3.05) is 40.5 Å². The van der Waals surface area contributed by atoms with E-state index in [-0.39, 0.29) is 0 Å². The molecule has 5 heteroatoms. The number of esters is 1. The smallest absolute Gasteiger partial charge is 0.345 e. The Morgan fingerprint density at radius 3 is 2.30 bits per heavy atom. The van der Waals surface area contributed by atoms with Crippen molar-refractivity contribution in [2.24, 2.45) is 0 Å². The summed E-state index contributed by atoms with van der Waals surface area (Å²) in [5.41, 5.74) is 0.356. The zero-order valence-electron chi connectivity index (χ0n) is 12.6. The van der Waals surface area contributed by atoms with Crippen molar-refractivity contribution in [3.8, 4) is 11.5 Å². The highest BCUT2D eigenvalue weighted by Crippen LogP contribution is 2.29. The Labute approximate surface area is 120 Å². The van der Waals surface area contributed by atoms with Crippen LogP contribution in [0.25, 0.3) is 0 Å². The molecule has 1 aromatic carbocycles. The second-order valence-corrected chi connectivity index (χ2v) is 4.43. The van der Waals surface area contributed by atoms with Gasteiger partial charge in [0.05, 0.1) is 13.2 Å². The molecule has 0 radical (unpaired) electrons. The Kier molecular flexibility index (Phi) is 6.87. The zero-order valence-corrected chi connectivity index (χ0v) is 12.6. The third-order valence-electron chi connectivity index (χ3n) is 2.56. The monoisotopic (exact) mass is 281 g/mol. The summed E-state index contributed by atoms with van der Waals surface area (Å²) >= 11 is 0. The number of carbonyl (C=O) groups excluding carboxylic acids is 1. The molecule has 0 spiro atoms. The largest absolute Gasteiger partial charge is 0.493 e. The van der Waals surface area contributed by atoms with Crippen LogP contribution in [0.5, 0.6) is 11.5 Å². The van der Waals surface area contributed by atoms with Crippen LogP contribution in [0, 0.1) is 0 Å². The minimum atomic E-state index is -0.420. The zero-order chi connectivity index (χ0) is 15.0. The molecule has 0 fully saturated rings. The predicted molar refractivity (Wildman–Crippen MR) is 77.6 cm³/mol. The molecule has 0 saturated heterocycles. The molecular formula is C15H23NO4. The van der Waals surface area contributed by atoms with Crippen LogP contribution in [0.1, 0.15) is 24.2 Å². The van der Waals surface area contributed by atoms with Crippen molar-refractivity contribution < 1.29 is 19.0 Å². The van der Waals surface area contributed by atoms with Crippen molar-refractivity contribution in [1.82, 2.24) is 4.90 Å². The van der Waals surface area contributed by atoms with Crippen LogP contribution < -0.4 is 9.47 Å². The molecule has 0 aromatic heterocycles. The van der Waals surface area contributed by atoms with Gasteiger partial charge in [0.2, 0.25) is 0 Å². The van der Waals surface area contributed by atoms with E-state index in [2.05, 4.69) is 0 Å². The average Bonchev–Trinajstić information content (AvgIpc) is 2.39. The SMILES string of the molecule is CCOC(=O)c1c(OCC)cccc1OCCN(C)C. The maximum absolute atomic E-state index is 12.1. The number of nitrogens with zero attached hydrogens (tertiary/aromatic N) is 1. The van der Waals surface area contributed by atoms with Crippen molar-refractivity contribution in [3.63, 3.8) is 0 Å². The van der Waals surface area contributed by atoms with Crippen molar-refractivity contribution in [3.05, 3.63) is 23.8 Å². The summed E-state index contributed by atoms with van der Waals surface area (Å²) in [7, 11) is 3.93. The lowest BCUT2D eigenvalue weighted by atomic mass is 10.1. The summed E-state index contributed by atoms with van der Waals surface area (Å²) in [6, 6.07) is 5.30. The Balaban J connectivity index is 2.95. The van der Waals surface area contributed by atoms with Gasteiger partial charge in [0.1, 0.15) is 23.7 Å². The Bertz CT molecular complexity index is 432. The lowest BCUT2D eigenvalue weighted by Crippen LogP contribution is -2.20. The number of hydrogen-bond donors (Lipinski definition) is 0.